The molecule has 2 aromatic rings. The third-order valence-electron chi connectivity index (χ3n) is 2.93. The molecule has 0 aliphatic carbocycles. The van der Waals surface area contributed by atoms with Crippen molar-refractivity contribution in [3.8, 4) is 5.75 Å². The standard InChI is InChI=1S/C14H16FNO2S/c1-3-19-7-6-16-5-4-10-8-13(18-2)12(15)9-11(10)14(16)17/h4-5,8-9H,3,6-7H2,1-2H3. The lowest BCUT2D eigenvalue weighted by Crippen LogP contribution is -2.20. The molecule has 1 aromatic carbocycles. The van der Waals surface area contributed by atoms with Crippen LogP contribution in [0.5, 0.6) is 5.75 Å². The van der Waals surface area contributed by atoms with Gasteiger partial charge in [0.15, 0.2) is 11.6 Å². The maximum atomic E-state index is 13.7. The SMILES string of the molecule is CCSCCn1ccc2cc(OC)c(F)cc2c1=O. The zero-order chi connectivity index (χ0) is 13.8. The average Bonchev–Trinajstić information content (AvgIpc) is 2.42. The highest BCUT2D eigenvalue weighted by molar-refractivity contribution is 7.99. The van der Waals surface area contributed by atoms with Crippen LogP contribution in [0.2, 0.25) is 0 Å². The van der Waals surface area contributed by atoms with Gasteiger partial charge < -0.3 is 9.30 Å². The quantitative estimate of drug-likeness (QED) is 0.790. The van der Waals surface area contributed by atoms with Crippen molar-refractivity contribution in [2.45, 2.75) is 13.5 Å². The van der Waals surface area contributed by atoms with E-state index in [2.05, 4.69) is 6.92 Å². The molecule has 0 bridgehead atoms. The Labute approximate surface area is 115 Å². The zero-order valence-electron chi connectivity index (χ0n) is 11.0. The molecule has 0 unspecified atom stereocenters. The Morgan fingerprint density at radius 3 is 2.89 bits per heavy atom. The summed E-state index contributed by atoms with van der Waals surface area (Å²) in [6, 6.07) is 4.62. The Bertz CT molecular complexity index is 639. The predicted molar refractivity (Wildman–Crippen MR) is 77.7 cm³/mol. The van der Waals surface area contributed by atoms with Crippen molar-refractivity contribution >= 4 is 22.5 Å². The van der Waals surface area contributed by atoms with Gasteiger partial charge in [-0.3, -0.25) is 4.79 Å². The average molecular weight is 281 g/mol. The van der Waals surface area contributed by atoms with Crippen molar-refractivity contribution in [2.24, 2.45) is 0 Å². The van der Waals surface area contributed by atoms with Gasteiger partial charge in [0.2, 0.25) is 0 Å². The van der Waals surface area contributed by atoms with Crippen molar-refractivity contribution < 1.29 is 9.13 Å². The molecule has 0 atom stereocenters. The molecule has 5 heteroatoms. The number of benzene rings is 1. The van der Waals surface area contributed by atoms with Crippen LogP contribution in [0, 0.1) is 5.82 Å². The third kappa shape index (κ3) is 2.92. The Balaban J connectivity index is 2.44. The first-order valence-corrected chi connectivity index (χ1v) is 7.27. The Morgan fingerprint density at radius 2 is 2.21 bits per heavy atom. The molecule has 0 saturated carbocycles. The minimum Gasteiger partial charge on any atom is -0.494 e. The number of halogens is 1. The minimum atomic E-state index is -0.507. The number of rotatable bonds is 5. The van der Waals surface area contributed by atoms with E-state index in [1.165, 1.54) is 13.2 Å². The lowest BCUT2D eigenvalue weighted by molar-refractivity contribution is 0.387. The summed E-state index contributed by atoms with van der Waals surface area (Å²) in [7, 11) is 1.41. The minimum absolute atomic E-state index is 0.157. The largest absolute Gasteiger partial charge is 0.494 e. The first-order chi connectivity index (χ1) is 9.17. The first-order valence-electron chi connectivity index (χ1n) is 6.11. The van der Waals surface area contributed by atoms with E-state index in [0.29, 0.717) is 17.3 Å². The van der Waals surface area contributed by atoms with Gasteiger partial charge in [-0.25, -0.2) is 4.39 Å². The van der Waals surface area contributed by atoms with Crippen molar-refractivity contribution in [3.05, 3.63) is 40.6 Å². The maximum Gasteiger partial charge on any atom is 0.258 e. The number of fused-ring (bicyclic) bond motifs is 1. The van der Waals surface area contributed by atoms with Gasteiger partial charge in [-0.2, -0.15) is 11.8 Å². The topological polar surface area (TPSA) is 31.2 Å². The lowest BCUT2D eigenvalue weighted by Gasteiger charge is -2.08. The number of thioether (sulfide) groups is 1. The highest BCUT2D eigenvalue weighted by Gasteiger charge is 2.09. The summed E-state index contributed by atoms with van der Waals surface area (Å²) in [5.41, 5.74) is -0.157. The molecule has 102 valence electrons. The van der Waals surface area contributed by atoms with Gasteiger partial charge in [-0.05, 0) is 29.3 Å². The summed E-state index contributed by atoms with van der Waals surface area (Å²) in [4.78, 5) is 12.2. The van der Waals surface area contributed by atoms with Crippen molar-refractivity contribution in [1.29, 1.82) is 0 Å². The highest BCUT2D eigenvalue weighted by Crippen LogP contribution is 2.22. The van der Waals surface area contributed by atoms with Gasteiger partial charge in [-0.1, -0.05) is 6.92 Å². The number of ether oxygens (including phenoxy) is 1. The summed E-state index contributed by atoms with van der Waals surface area (Å²) >= 11 is 1.77. The van der Waals surface area contributed by atoms with Crippen LogP contribution in [0.1, 0.15) is 6.92 Å². The van der Waals surface area contributed by atoms with Crippen LogP contribution in [0.3, 0.4) is 0 Å². The van der Waals surface area contributed by atoms with E-state index in [9.17, 15) is 9.18 Å². The number of aromatic nitrogens is 1. The fourth-order valence-corrected chi connectivity index (χ4v) is 2.54. The molecular weight excluding hydrogens is 265 g/mol. The summed E-state index contributed by atoms with van der Waals surface area (Å²) < 4.78 is 20.2. The van der Waals surface area contributed by atoms with E-state index in [1.807, 2.05) is 6.07 Å². The van der Waals surface area contributed by atoms with Crippen LogP contribution in [0.4, 0.5) is 4.39 Å². The smallest absolute Gasteiger partial charge is 0.258 e. The maximum absolute atomic E-state index is 13.7. The van der Waals surface area contributed by atoms with Crippen LogP contribution in [-0.4, -0.2) is 23.2 Å². The summed E-state index contributed by atoms with van der Waals surface area (Å²) in [6.07, 6.45) is 1.75. The van der Waals surface area contributed by atoms with Gasteiger partial charge in [-0.15, -0.1) is 0 Å². The van der Waals surface area contributed by atoms with Gasteiger partial charge in [0.25, 0.3) is 5.56 Å². The molecule has 3 nitrogen and oxygen atoms in total. The number of pyridine rings is 1. The van der Waals surface area contributed by atoms with Crippen LogP contribution < -0.4 is 10.3 Å². The van der Waals surface area contributed by atoms with Crippen molar-refractivity contribution in [1.82, 2.24) is 4.57 Å². The summed E-state index contributed by atoms with van der Waals surface area (Å²) in [5.74, 6) is 1.55. The van der Waals surface area contributed by atoms with E-state index < -0.39 is 5.82 Å². The number of hydrogen-bond acceptors (Lipinski definition) is 3. The van der Waals surface area contributed by atoms with Gasteiger partial charge in [0, 0.05) is 18.5 Å². The molecule has 0 amide bonds. The molecule has 1 heterocycles. The lowest BCUT2D eigenvalue weighted by atomic mass is 10.1. The van der Waals surface area contributed by atoms with Crippen LogP contribution in [-0.2, 0) is 6.54 Å². The predicted octanol–water partition coefficient (Wildman–Crippen LogP) is 2.90. The third-order valence-corrected chi connectivity index (χ3v) is 3.81. The molecule has 0 N–H and O–H groups in total. The van der Waals surface area contributed by atoms with Crippen LogP contribution >= 0.6 is 11.8 Å². The van der Waals surface area contributed by atoms with E-state index in [4.69, 9.17) is 4.74 Å². The van der Waals surface area contributed by atoms with Gasteiger partial charge >= 0.3 is 0 Å². The molecule has 2 rings (SSSR count). The van der Waals surface area contributed by atoms with Crippen LogP contribution in [0.25, 0.3) is 10.8 Å². The number of nitrogens with zero attached hydrogens (tertiary/aromatic N) is 1. The first kappa shape index (κ1) is 13.9. The highest BCUT2D eigenvalue weighted by atomic mass is 32.2. The zero-order valence-corrected chi connectivity index (χ0v) is 11.8. The molecule has 0 saturated heterocycles. The molecule has 0 aliphatic heterocycles. The van der Waals surface area contributed by atoms with E-state index in [-0.39, 0.29) is 11.3 Å². The van der Waals surface area contributed by atoms with Crippen molar-refractivity contribution in [2.75, 3.05) is 18.6 Å². The molecule has 19 heavy (non-hydrogen) atoms. The number of aryl methyl sites for hydroxylation is 1. The van der Waals surface area contributed by atoms with Gasteiger partial charge in [0.1, 0.15) is 0 Å². The van der Waals surface area contributed by atoms with E-state index >= 15 is 0 Å². The van der Waals surface area contributed by atoms with E-state index in [1.54, 1.807) is 28.6 Å². The second kappa shape index (κ2) is 6.10. The molecular formula is C14H16FNO2S. The number of hydrogen-bond donors (Lipinski definition) is 0. The fourth-order valence-electron chi connectivity index (χ4n) is 1.92. The van der Waals surface area contributed by atoms with E-state index in [0.717, 1.165) is 11.5 Å². The molecule has 0 aliphatic rings. The normalized spacial score (nSPS) is 10.9. The second-order valence-electron chi connectivity index (χ2n) is 4.09. The fraction of sp³-hybridized carbons (Fsp3) is 0.357. The van der Waals surface area contributed by atoms with Crippen molar-refractivity contribution in [3.63, 3.8) is 0 Å². The Hall–Kier alpha value is -1.49. The summed E-state index contributed by atoms with van der Waals surface area (Å²) in [5, 5.41) is 1.09. The monoisotopic (exact) mass is 281 g/mol. The second-order valence-corrected chi connectivity index (χ2v) is 5.48. The molecule has 0 radical (unpaired) electrons. The molecule has 1 aromatic heterocycles. The Morgan fingerprint density at radius 1 is 1.42 bits per heavy atom. The Kier molecular flexibility index (Phi) is 4.47. The summed E-state index contributed by atoms with van der Waals surface area (Å²) in [6.45, 7) is 2.72. The molecule has 0 spiro atoms. The van der Waals surface area contributed by atoms with Gasteiger partial charge in [0.05, 0.1) is 12.5 Å². The van der Waals surface area contributed by atoms with Crippen LogP contribution in [0.15, 0.2) is 29.2 Å². The number of methoxy groups -OCH3 is 1. The molecule has 0 fully saturated rings.